The van der Waals surface area contributed by atoms with Crippen LogP contribution in [0.2, 0.25) is 0 Å². The molecular weight excluding hydrogens is 364 g/mol. The fourth-order valence-corrected chi connectivity index (χ4v) is 3.42. The number of carbonyl (C=O) groups excluding carboxylic acids is 1. The summed E-state index contributed by atoms with van der Waals surface area (Å²) in [4.78, 5) is 12.6. The van der Waals surface area contributed by atoms with Crippen molar-refractivity contribution in [3.63, 3.8) is 0 Å². The SMILES string of the molecule is CCc1cccc(CC)c1NC(=O)Cn1ccc2cc(Br)ccc21. The zero-order valence-corrected chi connectivity index (χ0v) is 15.6. The van der Waals surface area contributed by atoms with Gasteiger partial charge in [0.05, 0.1) is 0 Å². The molecule has 1 amide bonds. The molecule has 0 radical (unpaired) electrons. The summed E-state index contributed by atoms with van der Waals surface area (Å²) in [5.74, 6) is 0.00557. The molecular formula is C20H21BrN2O. The van der Waals surface area contributed by atoms with Gasteiger partial charge < -0.3 is 9.88 Å². The molecule has 3 nitrogen and oxygen atoms in total. The number of aromatic nitrogens is 1. The molecule has 0 spiro atoms. The van der Waals surface area contributed by atoms with Crippen LogP contribution in [0.25, 0.3) is 10.9 Å². The third-order valence-corrected chi connectivity index (χ3v) is 4.80. The van der Waals surface area contributed by atoms with E-state index in [9.17, 15) is 4.79 Å². The smallest absolute Gasteiger partial charge is 0.244 e. The maximum atomic E-state index is 12.6. The standard InChI is InChI=1S/C20H21BrN2O/c1-3-14-6-5-7-15(4-2)20(14)22-19(24)13-23-11-10-16-12-17(21)8-9-18(16)23/h5-12H,3-4,13H2,1-2H3,(H,22,24). The molecule has 1 heterocycles. The molecule has 0 fully saturated rings. The monoisotopic (exact) mass is 384 g/mol. The summed E-state index contributed by atoms with van der Waals surface area (Å²) in [5.41, 5.74) is 4.41. The van der Waals surface area contributed by atoms with Crippen LogP contribution in [0, 0.1) is 0 Å². The summed E-state index contributed by atoms with van der Waals surface area (Å²) in [6.07, 6.45) is 3.77. The Kier molecular flexibility index (Phi) is 5.05. The van der Waals surface area contributed by atoms with Crippen LogP contribution in [0.5, 0.6) is 0 Å². The van der Waals surface area contributed by atoms with Gasteiger partial charge in [0.2, 0.25) is 5.91 Å². The molecule has 0 saturated heterocycles. The molecule has 0 aliphatic rings. The molecule has 2 aromatic carbocycles. The van der Waals surface area contributed by atoms with E-state index >= 15 is 0 Å². The van der Waals surface area contributed by atoms with Crippen LogP contribution in [0.15, 0.2) is 53.1 Å². The molecule has 4 heteroatoms. The van der Waals surface area contributed by atoms with Gasteiger partial charge in [-0.05, 0) is 48.2 Å². The van der Waals surface area contributed by atoms with E-state index in [-0.39, 0.29) is 5.91 Å². The van der Waals surface area contributed by atoms with Crippen molar-refractivity contribution in [2.75, 3.05) is 5.32 Å². The Bertz CT molecular complexity index is 860. The lowest BCUT2D eigenvalue weighted by molar-refractivity contribution is -0.116. The van der Waals surface area contributed by atoms with Crippen LogP contribution in [-0.2, 0) is 24.2 Å². The molecule has 3 aromatic rings. The average molecular weight is 385 g/mol. The first-order valence-corrected chi connectivity index (χ1v) is 9.06. The fourth-order valence-electron chi connectivity index (χ4n) is 3.05. The highest BCUT2D eigenvalue weighted by atomic mass is 79.9. The van der Waals surface area contributed by atoms with E-state index in [4.69, 9.17) is 0 Å². The summed E-state index contributed by atoms with van der Waals surface area (Å²) in [5, 5.41) is 4.25. The van der Waals surface area contributed by atoms with Gasteiger partial charge in [-0.2, -0.15) is 0 Å². The normalized spacial score (nSPS) is 11.0. The Balaban J connectivity index is 1.83. The number of para-hydroxylation sites is 1. The second kappa shape index (κ2) is 7.22. The van der Waals surface area contributed by atoms with Crippen molar-refractivity contribution in [3.8, 4) is 0 Å². The van der Waals surface area contributed by atoms with Crippen molar-refractivity contribution >= 4 is 38.4 Å². The Morgan fingerprint density at radius 3 is 2.46 bits per heavy atom. The number of rotatable bonds is 5. The molecule has 0 bridgehead atoms. The lowest BCUT2D eigenvalue weighted by atomic mass is 10.0. The largest absolute Gasteiger partial charge is 0.338 e. The third kappa shape index (κ3) is 3.39. The van der Waals surface area contributed by atoms with E-state index < -0.39 is 0 Å². The minimum Gasteiger partial charge on any atom is -0.338 e. The van der Waals surface area contributed by atoms with E-state index in [2.05, 4.69) is 59.4 Å². The second-order valence-electron chi connectivity index (χ2n) is 5.85. The number of hydrogen-bond acceptors (Lipinski definition) is 1. The Morgan fingerprint density at radius 1 is 1.08 bits per heavy atom. The molecule has 1 aromatic heterocycles. The van der Waals surface area contributed by atoms with Crippen LogP contribution in [0.3, 0.4) is 0 Å². The van der Waals surface area contributed by atoms with Gasteiger partial charge in [0, 0.05) is 27.3 Å². The number of nitrogens with one attached hydrogen (secondary N) is 1. The minimum atomic E-state index is 0.00557. The Hall–Kier alpha value is -2.07. The Labute approximate surface area is 150 Å². The highest BCUT2D eigenvalue weighted by Crippen LogP contribution is 2.24. The lowest BCUT2D eigenvalue weighted by Crippen LogP contribution is -2.20. The van der Waals surface area contributed by atoms with Crippen molar-refractivity contribution in [2.24, 2.45) is 0 Å². The number of carbonyl (C=O) groups is 1. The molecule has 0 atom stereocenters. The van der Waals surface area contributed by atoms with Gasteiger partial charge in [0.25, 0.3) is 0 Å². The van der Waals surface area contributed by atoms with E-state index in [1.165, 1.54) is 11.1 Å². The maximum Gasteiger partial charge on any atom is 0.244 e. The minimum absolute atomic E-state index is 0.00557. The van der Waals surface area contributed by atoms with Crippen LogP contribution in [0.4, 0.5) is 5.69 Å². The van der Waals surface area contributed by atoms with Gasteiger partial charge in [-0.1, -0.05) is 48.0 Å². The number of aryl methyl sites for hydroxylation is 2. The maximum absolute atomic E-state index is 12.6. The van der Waals surface area contributed by atoms with Gasteiger partial charge in [0.15, 0.2) is 0 Å². The molecule has 3 rings (SSSR count). The zero-order chi connectivity index (χ0) is 17.1. The first-order valence-electron chi connectivity index (χ1n) is 8.27. The molecule has 0 unspecified atom stereocenters. The summed E-state index contributed by atoms with van der Waals surface area (Å²) < 4.78 is 3.03. The third-order valence-electron chi connectivity index (χ3n) is 4.31. The number of hydrogen-bond donors (Lipinski definition) is 1. The Morgan fingerprint density at radius 2 is 1.79 bits per heavy atom. The highest BCUT2D eigenvalue weighted by molar-refractivity contribution is 9.10. The van der Waals surface area contributed by atoms with Crippen molar-refractivity contribution in [1.82, 2.24) is 4.57 Å². The first-order chi connectivity index (χ1) is 11.6. The van der Waals surface area contributed by atoms with Crippen LogP contribution >= 0.6 is 15.9 Å². The van der Waals surface area contributed by atoms with Gasteiger partial charge in [-0.3, -0.25) is 4.79 Å². The van der Waals surface area contributed by atoms with Gasteiger partial charge in [-0.25, -0.2) is 0 Å². The van der Waals surface area contributed by atoms with Crippen molar-refractivity contribution in [1.29, 1.82) is 0 Å². The number of benzene rings is 2. The first kappa shape index (κ1) is 16.8. The van der Waals surface area contributed by atoms with Gasteiger partial charge >= 0.3 is 0 Å². The number of fused-ring (bicyclic) bond motifs is 1. The average Bonchev–Trinajstić information content (AvgIpc) is 2.96. The van der Waals surface area contributed by atoms with Gasteiger partial charge in [0.1, 0.15) is 6.54 Å². The molecule has 124 valence electrons. The quantitative estimate of drug-likeness (QED) is 0.646. The van der Waals surface area contributed by atoms with E-state index in [0.29, 0.717) is 6.54 Å². The summed E-state index contributed by atoms with van der Waals surface area (Å²) in [7, 11) is 0. The predicted molar refractivity (Wildman–Crippen MR) is 103 cm³/mol. The fraction of sp³-hybridized carbons (Fsp3) is 0.250. The second-order valence-corrected chi connectivity index (χ2v) is 6.77. The van der Waals surface area contributed by atoms with Crippen LogP contribution in [0.1, 0.15) is 25.0 Å². The molecule has 0 saturated carbocycles. The highest BCUT2D eigenvalue weighted by Gasteiger charge is 2.11. The lowest BCUT2D eigenvalue weighted by Gasteiger charge is -2.15. The van der Waals surface area contributed by atoms with Gasteiger partial charge in [-0.15, -0.1) is 0 Å². The van der Waals surface area contributed by atoms with Crippen molar-refractivity contribution < 1.29 is 4.79 Å². The van der Waals surface area contributed by atoms with E-state index in [1.54, 1.807) is 0 Å². The molecule has 1 N–H and O–H groups in total. The van der Waals surface area contributed by atoms with E-state index in [1.807, 2.05) is 29.0 Å². The molecule has 24 heavy (non-hydrogen) atoms. The summed E-state index contributed by atoms with van der Waals surface area (Å²) in [6.45, 7) is 4.54. The van der Waals surface area contributed by atoms with E-state index in [0.717, 1.165) is 33.9 Å². The van der Waals surface area contributed by atoms with Crippen molar-refractivity contribution in [2.45, 2.75) is 33.2 Å². The number of nitrogens with zero attached hydrogens (tertiary/aromatic N) is 1. The number of anilines is 1. The van der Waals surface area contributed by atoms with Crippen LogP contribution in [-0.4, -0.2) is 10.5 Å². The predicted octanol–water partition coefficient (Wildman–Crippen LogP) is 5.17. The number of amides is 1. The topological polar surface area (TPSA) is 34.0 Å². The van der Waals surface area contributed by atoms with Crippen molar-refractivity contribution in [3.05, 3.63) is 64.3 Å². The van der Waals surface area contributed by atoms with Crippen LogP contribution < -0.4 is 5.32 Å². The number of halogens is 1. The zero-order valence-electron chi connectivity index (χ0n) is 14.0. The summed E-state index contributed by atoms with van der Waals surface area (Å²) >= 11 is 3.48. The molecule has 0 aliphatic heterocycles. The molecule has 0 aliphatic carbocycles. The summed E-state index contributed by atoms with van der Waals surface area (Å²) in [6, 6.07) is 14.3.